The van der Waals surface area contributed by atoms with Crippen molar-refractivity contribution in [3.05, 3.63) is 11.6 Å². The number of hydrogen-bond acceptors (Lipinski definition) is 6. The van der Waals surface area contributed by atoms with E-state index in [0.29, 0.717) is 19.1 Å². The van der Waals surface area contributed by atoms with Crippen LogP contribution in [0.15, 0.2) is 0 Å². The van der Waals surface area contributed by atoms with E-state index in [-0.39, 0.29) is 12.9 Å². The molecular formula is C21H38N6O. The van der Waals surface area contributed by atoms with Gasteiger partial charge in [-0.15, -0.1) is 0 Å². The molecule has 1 aromatic heterocycles. The third-order valence-electron chi connectivity index (χ3n) is 5.79. The van der Waals surface area contributed by atoms with Gasteiger partial charge in [-0.05, 0) is 54.4 Å². The highest BCUT2D eigenvalue weighted by Gasteiger charge is 2.43. The Morgan fingerprint density at radius 2 is 1.68 bits per heavy atom. The van der Waals surface area contributed by atoms with E-state index in [1.807, 2.05) is 32.6 Å². The van der Waals surface area contributed by atoms with Gasteiger partial charge in [-0.2, -0.15) is 9.97 Å². The second-order valence-electron chi connectivity index (χ2n) is 9.58. The number of nitrogens with zero attached hydrogens (tertiary/aromatic N) is 5. The third-order valence-corrected chi connectivity index (χ3v) is 5.79. The van der Waals surface area contributed by atoms with Gasteiger partial charge < -0.3 is 9.80 Å². The molecule has 3 rings (SSSR count). The topological polar surface area (TPSA) is 74.2 Å². The maximum absolute atomic E-state index is 13.0. The van der Waals surface area contributed by atoms with Crippen LogP contribution in [0.1, 0.15) is 72.9 Å². The highest BCUT2D eigenvalue weighted by Crippen LogP contribution is 2.27. The molecule has 1 amide bonds. The van der Waals surface area contributed by atoms with Crippen molar-refractivity contribution in [2.75, 3.05) is 24.5 Å². The summed E-state index contributed by atoms with van der Waals surface area (Å²) in [5, 5.41) is 3.47. The summed E-state index contributed by atoms with van der Waals surface area (Å²) in [4.78, 5) is 30.9. The van der Waals surface area contributed by atoms with Crippen LogP contribution in [0.25, 0.3) is 0 Å². The van der Waals surface area contributed by atoms with Gasteiger partial charge >= 0.3 is 0 Å². The van der Waals surface area contributed by atoms with E-state index < -0.39 is 5.54 Å². The zero-order valence-electron chi connectivity index (χ0n) is 18.4. The van der Waals surface area contributed by atoms with E-state index in [1.165, 1.54) is 19.3 Å². The van der Waals surface area contributed by atoms with Gasteiger partial charge in [0.1, 0.15) is 11.6 Å². The quantitative estimate of drug-likeness (QED) is 0.833. The van der Waals surface area contributed by atoms with Crippen LogP contribution in [0.3, 0.4) is 0 Å². The molecule has 0 radical (unpaired) electrons. The molecule has 2 heterocycles. The molecular weight excluding hydrogens is 352 g/mol. The van der Waals surface area contributed by atoms with Crippen molar-refractivity contribution < 1.29 is 6.22 Å². The van der Waals surface area contributed by atoms with Crippen LogP contribution < -0.4 is 10.2 Å². The van der Waals surface area contributed by atoms with Gasteiger partial charge in [0.15, 0.2) is 0 Å². The van der Waals surface area contributed by atoms with Gasteiger partial charge in [-0.1, -0.05) is 19.3 Å². The molecule has 0 aromatic carbocycles. The lowest BCUT2D eigenvalue weighted by atomic mass is 9.90. The number of carbonyl (C=O) groups excluding carboxylic acids is 1. The molecule has 2 aliphatic rings. The molecule has 28 heavy (non-hydrogen) atoms. The minimum Gasteiger partial charge on any atom is -0.338 e. The fourth-order valence-electron chi connectivity index (χ4n) is 4.86. The Hall–Kier alpha value is -1.76. The van der Waals surface area contributed by atoms with Gasteiger partial charge in [-0.25, -0.2) is 4.98 Å². The monoisotopic (exact) mass is 390 g/mol. The van der Waals surface area contributed by atoms with E-state index in [9.17, 15) is 4.79 Å². The average Bonchev–Trinajstić information content (AvgIpc) is 2.58. The molecule has 0 spiro atoms. The first-order chi connectivity index (χ1) is 13.1. The number of hydrogen-bond donors (Lipinski definition) is 1. The van der Waals surface area contributed by atoms with Crippen LogP contribution in [0, 0.1) is 13.8 Å². The summed E-state index contributed by atoms with van der Waals surface area (Å²) in [7, 11) is 0. The summed E-state index contributed by atoms with van der Waals surface area (Å²) in [6.45, 7) is 14.3. The number of amides is 1. The molecule has 1 aliphatic carbocycles. The van der Waals surface area contributed by atoms with Crippen LogP contribution >= 0.6 is 0 Å². The molecule has 2 fully saturated rings. The number of aromatic nitrogens is 3. The summed E-state index contributed by atoms with van der Waals surface area (Å²) in [5.41, 5.74) is -0.648. The van der Waals surface area contributed by atoms with Crippen molar-refractivity contribution in [2.45, 2.75) is 90.8 Å². The maximum atomic E-state index is 13.0. The van der Waals surface area contributed by atoms with E-state index in [0.717, 1.165) is 37.0 Å². The minimum atomic E-state index is -0.544. The fraction of sp³-hybridized carbons (Fsp3) is 0.810. The number of rotatable bonds is 5. The molecule has 158 valence electrons. The first kappa shape index (κ1) is 21.0. The minimum absolute atomic E-state index is 0. The fourth-order valence-corrected chi connectivity index (χ4v) is 4.86. The molecule has 0 bridgehead atoms. The predicted octanol–water partition coefficient (Wildman–Crippen LogP) is 2.86. The van der Waals surface area contributed by atoms with Crippen molar-refractivity contribution >= 4 is 11.9 Å². The summed E-state index contributed by atoms with van der Waals surface area (Å²) >= 11 is 0. The Morgan fingerprint density at radius 3 is 2.29 bits per heavy atom. The van der Waals surface area contributed by atoms with Crippen molar-refractivity contribution in [3.8, 4) is 0 Å². The lowest BCUT2D eigenvalue weighted by Gasteiger charge is -2.48. The Kier molecular flexibility index (Phi) is 5.94. The van der Waals surface area contributed by atoms with Crippen molar-refractivity contribution in [1.29, 1.82) is 0 Å². The second-order valence-corrected chi connectivity index (χ2v) is 9.58. The molecule has 0 atom stereocenters. The Morgan fingerprint density at radius 1 is 1.07 bits per heavy atom. The molecule has 1 saturated heterocycles. The number of aryl methyl sites for hydroxylation is 2. The number of anilines is 1. The Balaban J connectivity index is 0.00000300. The normalized spacial score (nSPS) is 22.4. The van der Waals surface area contributed by atoms with E-state index >= 15 is 0 Å². The first-order valence-electron chi connectivity index (χ1n) is 10.6. The predicted molar refractivity (Wildman–Crippen MR) is 114 cm³/mol. The zero-order chi connectivity index (χ0) is 20.5. The highest BCUT2D eigenvalue weighted by molar-refractivity contribution is 5.86. The number of carbonyl (C=O) groups is 1. The second kappa shape index (κ2) is 7.93. The SMILES string of the molecule is Cc1nc(C)nc(N(CCN2CC(C)(C)NC(C)(C)C2=O)C2CCCCC2)n1.[HH]. The number of piperazine rings is 1. The van der Waals surface area contributed by atoms with E-state index in [4.69, 9.17) is 0 Å². The van der Waals surface area contributed by atoms with E-state index in [2.05, 4.69) is 39.0 Å². The van der Waals surface area contributed by atoms with Gasteiger partial charge in [-0.3, -0.25) is 10.1 Å². The van der Waals surface area contributed by atoms with E-state index in [1.54, 1.807) is 0 Å². The Labute approximate surface area is 170 Å². The Bertz CT molecular complexity index is 697. The molecule has 1 aromatic rings. The summed E-state index contributed by atoms with van der Waals surface area (Å²) < 4.78 is 0. The van der Waals surface area contributed by atoms with Crippen LogP contribution in [0.4, 0.5) is 5.95 Å². The first-order valence-corrected chi connectivity index (χ1v) is 10.6. The van der Waals surface area contributed by atoms with Crippen LogP contribution in [0.5, 0.6) is 0 Å². The van der Waals surface area contributed by atoms with Gasteiger partial charge in [0.05, 0.1) is 5.54 Å². The van der Waals surface area contributed by atoms with Gasteiger partial charge in [0, 0.05) is 32.6 Å². The smallest absolute Gasteiger partial charge is 0.242 e. The van der Waals surface area contributed by atoms with Gasteiger partial charge in [0.2, 0.25) is 11.9 Å². The molecule has 7 heteroatoms. The average molecular weight is 391 g/mol. The summed E-state index contributed by atoms with van der Waals surface area (Å²) in [6.07, 6.45) is 6.12. The largest absolute Gasteiger partial charge is 0.338 e. The van der Waals surface area contributed by atoms with Crippen molar-refractivity contribution in [2.24, 2.45) is 0 Å². The van der Waals surface area contributed by atoms with Crippen LogP contribution in [-0.2, 0) is 4.79 Å². The molecule has 1 saturated carbocycles. The summed E-state index contributed by atoms with van der Waals surface area (Å²) in [5.74, 6) is 2.43. The lowest BCUT2D eigenvalue weighted by molar-refractivity contribution is -0.143. The van der Waals surface area contributed by atoms with Gasteiger partial charge in [0.25, 0.3) is 0 Å². The lowest BCUT2D eigenvalue weighted by Crippen LogP contribution is -2.70. The summed E-state index contributed by atoms with van der Waals surface area (Å²) in [6, 6.07) is 0.439. The number of nitrogens with one attached hydrogen (secondary N) is 1. The van der Waals surface area contributed by atoms with Crippen LogP contribution in [-0.4, -0.2) is 62.5 Å². The third kappa shape index (κ3) is 4.80. The van der Waals surface area contributed by atoms with Crippen molar-refractivity contribution in [3.63, 3.8) is 0 Å². The van der Waals surface area contributed by atoms with Crippen LogP contribution in [0.2, 0.25) is 0 Å². The standard InChI is InChI=1S/C21H36N6O.H2/c1-15-22-16(2)24-19(23-15)27(17-10-8-7-9-11-17)13-12-26-14-20(3,4)25-21(5,6)18(26)28;/h17,25H,7-14H2,1-6H3;1H. The van der Waals surface area contributed by atoms with Crippen molar-refractivity contribution in [1.82, 2.24) is 25.2 Å². The molecule has 1 aliphatic heterocycles. The maximum Gasteiger partial charge on any atom is 0.242 e. The zero-order valence-corrected chi connectivity index (χ0v) is 18.4. The molecule has 7 nitrogen and oxygen atoms in total. The highest BCUT2D eigenvalue weighted by atomic mass is 16.2. The molecule has 1 N–H and O–H groups in total. The molecule has 0 unspecified atom stereocenters.